The van der Waals surface area contributed by atoms with Crippen LogP contribution in [-0.4, -0.2) is 27.2 Å². The number of ether oxygens (including phenoxy) is 1. The topological polar surface area (TPSA) is 55.4 Å². The molecule has 0 aliphatic carbocycles. The lowest BCUT2D eigenvalue weighted by atomic mass is 9.97. The zero-order valence-corrected chi connectivity index (χ0v) is 11.0. The van der Waals surface area contributed by atoms with Gasteiger partial charge in [0, 0.05) is 6.61 Å². The van der Waals surface area contributed by atoms with Crippen molar-refractivity contribution in [3.8, 4) is 0 Å². The van der Waals surface area contributed by atoms with Gasteiger partial charge in [0.25, 0.3) is 0 Å². The number of hydrogen-bond donors (Lipinski definition) is 1. The van der Waals surface area contributed by atoms with Gasteiger partial charge in [-0.15, -0.1) is 0 Å². The minimum atomic E-state index is -3.71. The first-order valence-corrected chi connectivity index (χ1v) is 7.27. The van der Waals surface area contributed by atoms with Crippen LogP contribution in [0, 0.1) is 5.82 Å². The van der Waals surface area contributed by atoms with Crippen LogP contribution in [0.2, 0.25) is 0 Å². The molecule has 0 amide bonds. The summed E-state index contributed by atoms with van der Waals surface area (Å²) in [5, 5.41) is 0. The maximum Gasteiger partial charge on any atom is 0.241 e. The van der Waals surface area contributed by atoms with Crippen LogP contribution in [0.25, 0.3) is 0 Å². The van der Waals surface area contributed by atoms with Crippen molar-refractivity contribution in [2.24, 2.45) is 0 Å². The molecule has 1 saturated heterocycles. The van der Waals surface area contributed by atoms with E-state index in [2.05, 4.69) is 4.72 Å². The second kappa shape index (κ2) is 4.95. The van der Waals surface area contributed by atoms with Crippen LogP contribution in [-0.2, 0) is 14.8 Å². The van der Waals surface area contributed by atoms with Crippen LogP contribution in [0.1, 0.15) is 19.8 Å². The molecule has 0 spiro atoms. The van der Waals surface area contributed by atoms with Gasteiger partial charge in [0.15, 0.2) is 0 Å². The van der Waals surface area contributed by atoms with Crippen molar-refractivity contribution < 1.29 is 17.5 Å². The minimum Gasteiger partial charge on any atom is -0.380 e. The Morgan fingerprint density at radius 3 is 2.83 bits per heavy atom. The smallest absolute Gasteiger partial charge is 0.241 e. The van der Waals surface area contributed by atoms with Gasteiger partial charge in [-0.1, -0.05) is 6.07 Å². The molecule has 0 aromatic heterocycles. The molecular formula is C12H16FNO3S. The second-order valence-electron chi connectivity index (χ2n) is 4.78. The van der Waals surface area contributed by atoms with Crippen molar-refractivity contribution in [2.45, 2.75) is 30.2 Å². The van der Waals surface area contributed by atoms with Gasteiger partial charge in [0.2, 0.25) is 10.0 Å². The predicted molar refractivity (Wildman–Crippen MR) is 65.2 cm³/mol. The van der Waals surface area contributed by atoms with Crippen LogP contribution in [0.15, 0.2) is 29.2 Å². The Balaban J connectivity index is 2.21. The Labute approximate surface area is 106 Å². The molecule has 1 fully saturated rings. The number of nitrogens with one attached hydrogen (secondary N) is 1. The zero-order valence-electron chi connectivity index (χ0n) is 10.1. The van der Waals surface area contributed by atoms with Gasteiger partial charge in [-0.3, -0.25) is 0 Å². The summed E-state index contributed by atoms with van der Waals surface area (Å²) in [7, 11) is -3.71. The number of sulfonamides is 1. The quantitative estimate of drug-likeness (QED) is 0.911. The molecular weight excluding hydrogens is 257 g/mol. The number of hydrogen-bond acceptors (Lipinski definition) is 3. The van der Waals surface area contributed by atoms with Gasteiger partial charge in [0.05, 0.1) is 17.0 Å². The van der Waals surface area contributed by atoms with E-state index < -0.39 is 21.4 Å². The van der Waals surface area contributed by atoms with E-state index in [4.69, 9.17) is 4.74 Å². The maximum atomic E-state index is 13.1. The summed E-state index contributed by atoms with van der Waals surface area (Å²) in [5.41, 5.74) is -0.622. The molecule has 2 rings (SSSR count). The van der Waals surface area contributed by atoms with Crippen LogP contribution >= 0.6 is 0 Å². The van der Waals surface area contributed by atoms with Crippen LogP contribution in [0.5, 0.6) is 0 Å². The van der Waals surface area contributed by atoms with E-state index >= 15 is 0 Å². The van der Waals surface area contributed by atoms with Gasteiger partial charge in [-0.05, 0) is 38.0 Å². The summed E-state index contributed by atoms with van der Waals surface area (Å²) in [6.45, 7) is 2.78. The average Bonchev–Trinajstić information content (AvgIpc) is 2.28. The molecule has 0 saturated carbocycles. The first kappa shape index (κ1) is 13.5. The van der Waals surface area contributed by atoms with E-state index in [0.717, 1.165) is 12.5 Å². The Bertz CT molecular complexity index is 524. The highest BCUT2D eigenvalue weighted by Crippen LogP contribution is 2.21. The Morgan fingerprint density at radius 2 is 2.22 bits per heavy atom. The molecule has 1 aromatic carbocycles. The molecule has 4 nitrogen and oxygen atoms in total. The van der Waals surface area contributed by atoms with E-state index in [0.29, 0.717) is 19.6 Å². The van der Waals surface area contributed by atoms with Gasteiger partial charge < -0.3 is 4.74 Å². The zero-order chi connectivity index (χ0) is 13.2. The molecule has 0 radical (unpaired) electrons. The number of benzene rings is 1. The standard InChI is InChI=1S/C12H16FNO3S/c1-12(6-3-7-17-9-12)14-18(15,16)11-5-2-4-10(13)8-11/h2,4-5,8,14H,3,6-7,9H2,1H3. The van der Waals surface area contributed by atoms with Gasteiger partial charge >= 0.3 is 0 Å². The van der Waals surface area contributed by atoms with Crippen molar-refractivity contribution in [3.63, 3.8) is 0 Å². The normalized spacial score (nSPS) is 25.0. The van der Waals surface area contributed by atoms with E-state index in [-0.39, 0.29) is 4.90 Å². The molecule has 6 heteroatoms. The SMILES string of the molecule is CC1(NS(=O)(=O)c2cccc(F)c2)CCCOC1. The van der Waals surface area contributed by atoms with Crippen molar-refractivity contribution >= 4 is 10.0 Å². The summed E-state index contributed by atoms with van der Waals surface area (Å²) >= 11 is 0. The molecule has 18 heavy (non-hydrogen) atoms. The molecule has 1 N–H and O–H groups in total. The molecule has 100 valence electrons. The van der Waals surface area contributed by atoms with E-state index in [9.17, 15) is 12.8 Å². The van der Waals surface area contributed by atoms with Crippen LogP contribution in [0.3, 0.4) is 0 Å². The third-order valence-corrected chi connectivity index (χ3v) is 4.56. The molecule has 1 unspecified atom stereocenters. The summed E-state index contributed by atoms with van der Waals surface area (Å²) < 4.78 is 45.2. The van der Waals surface area contributed by atoms with Crippen LogP contribution < -0.4 is 4.72 Å². The third kappa shape index (κ3) is 3.07. The van der Waals surface area contributed by atoms with Crippen molar-refractivity contribution in [3.05, 3.63) is 30.1 Å². The highest BCUT2D eigenvalue weighted by Gasteiger charge is 2.32. The largest absolute Gasteiger partial charge is 0.380 e. The lowest BCUT2D eigenvalue weighted by molar-refractivity contribution is 0.0386. The van der Waals surface area contributed by atoms with Gasteiger partial charge in [-0.2, -0.15) is 0 Å². The number of halogens is 1. The van der Waals surface area contributed by atoms with E-state index in [1.807, 2.05) is 0 Å². The summed E-state index contributed by atoms with van der Waals surface area (Å²) in [4.78, 5) is -0.0608. The lowest BCUT2D eigenvalue weighted by Gasteiger charge is -2.33. The second-order valence-corrected chi connectivity index (χ2v) is 6.46. The average molecular weight is 273 g/mol. The lowest BCUT2D eigenvalue weighted by Crippen LogP contribution is -2.51. The first-order valence-electron chi connectivity index (χ1n) is 5.79. The minimum absolute atomic E-state index is 0.0608. The van der Waals surface area contributed by atoms with Crippen molar-refractivity contribution in [1.82, 2.24) is 4.72 Å². The van der Waals surface area contributed by atoms with E-state index in [1.54, 1.807) is 6.92 Å². The molecule has 1 aliphatic heterocycles. The highest BCUT2D eigenvalue weighted by molar-refractivity contribution is 7.89. The summed E-state index contributed by atoms with van der Waals surface area (Å²) in [6, 6.07) is 4.97. The Morgan fingerprint density at radius 1 is 1.44 bits per heavy atom. The first-order chi connectivity index (χ1) is 8.41. The number of rotatable bonds is 3. The highest BCUT2D eigenvalue weighted by atomic mass is 32.2. The van der Waals surface area contributed by atoms with Gasteiger partial charge in [-0.25, -0.2) is 17.5 Å². The third-order valence-electron chi connectivity index (χ3n) is 2.93. The fraction of sp³-hybridized carbons (Fsp3) is 0.500. The van der Waals surface area contributed by atoms with Gasteiger partial charge in [0.1, 0.15) is 5.82 Å². The maximum absolute atomic E-state index is 13.1. The van der Waals surface area contributed by atoms with E-state index in [1.165, 1.54) is 18.2 Å². The predicted octanol–water partition coefficient (Wildman–Crippen LogP) is 1.67. The summed E-state index contributed by atoms with van der Waals surface area (Å²) in [6.07, 6.45) is 1.52. The fourth-order valence-electron chi connectivity index (χ4n) is 2.03. The fourth-order valence-corrected chi connectivity index (χ4v) is 3.49. The van der Waals surface area contributed by atoms with Crippen molar-refractivity contribution in [1.29, 1.82) is 0 Å². The molecule has 1 atom stereocenters. The molecule has 0 bridgehead atoms. The Kier molecular flexibility index (Phi) is 3.70. The summed E-state index contributed by atoms with van der Waals surface area (Å²) in [5.74, 6) is -0.567. The monoisotopic (exact) mass is 273 g/mol. The van der Waals surface area contributed by atoms with Crippen LogP contribution in [0.4, 0.5) is 4.39 Å². The molecule has 1 heterocycles. The molecule has 1 aliphatic rings. The van der Waals surface area contributed by atoms with Crippen molar-refractivity contribution in [2.75, 3.05) is 13.2 Å². The molecule has 1 aromatic rings. The Hall–Kier alpha value is -0.980.